The van der Waals surface area contributed by atoms with E-state index in [1.807, 2.05) is 31.2 Å². The Morgan fingerprint density at radius 3 is 2.67 bits per heavy atom. The lowest BCUT2D eigenvalue weighted by Crippen LogP contribution is -2.14. The lowest BCUT2D eigenvalue weighted by molar-refractivity contribution is 0.0449. The molecule has 140 valence electrons. The minimum Gasteiger partial charge on any atom is -0.490 e. The first-order chi connectivity index (χ1) is 13.0. The van der Waals surface area contributed by atoms with Gasteiger partial charge in [0.1, 0.15) is 41.8 Å². The molecule has 1 heterocycles. The SMILES string of the molecule is Cc1ccccc1OCCOC(=O)c1c(-c2c(F)cccc2Cl)noc1C. The van der Waals surface area contributed by atoms with Crippen LogP contribution in [0.1, 0.15) is 21.7 Å². The Bertz CT molecular complexity index is 950. The highest BCUT2D eigenvalue weighted by Crippen LogP contribution is 2.33. The van der Waals surface area contributed by atoms with Crippen molar-refractivity contribution in [3.8, 4) is 17.0 Å². The van der Waals surface area contributed by atoms with Gasteiger partial charge in [-0.15, -0.1) is 0 Å². The minimum absolute atomic E-state index is 0.000808. The van der Waals surface area contributed by atoms with Crippen LogP contribution in [0.3, 0.4) is 0 Å². The number of carbonyl (C=O) groups is 1. The third-order valence-corrected chi connectivity index (χ3v) is 4.25. The van der Waals surface area contributed by atoms with Crippen LogP contribution in [-0.4, -0.2) is 24.3 Å². The van der Waals surface area contributed by atoms with Crippen LogP contribution in [0.15, 0.2) is 47.0 Å². The topological polar surface area (TPSA) is 61.6 Å². The third kappa shape index (κ3) is 4.11. The lowest BCUT2D eigenvalue weighted by Gasteiger charge is -2.10. The van der Waals surface area contributed by atoms with Crippen LogP contribution in [0, 0.1) is 19.7 Å². The number of halogens is 2. The fraction of sp³-hybridized carbons (Fsp3) is 0.200. The number of carbonyl (C=O) groups excluding carboxylic acids is 1. The molecule has 0 aliphatic rings. The summed E-state index contributed by atoms with van der Waals surface area (Å²) in [5.41, 5.74) is 1.03. The van der Waals surface area contributed by atoms with E-state index >= 15 is 0 Å². The maximum atomic E-state index is 14.2. The molecule has 27 heavy (non-hydrogen) atoms. The highest BCUT2D eigenvalue weighted by atomic mass is 35.5. The third-order valence-electron chi connectivity index (χ3n) is 3.93. The van der Waals surface area contributed by atoms with Gasteiger partial charge in [0.15, 0.2) is 0 Å². The molecule has 0 amide bonds. The maximum absolute atomic E-state index is 14.2. The van der Waals surface area contributed by atoms with E-state index in [1.165, 1.54) is 18.2 Å². The second kappa shape index (κ2) is 8.22. The molecule has 0 bridgehead atoms. The maximum Gasteiger partial charge on any atom is 0.344 e. The number of benzene rings is 2. The monoisotopic (exact) mass is 389 g/mol. The van der Waals surface area contributed by atoms with Crippen molar-refractivity contribution in [3.63, 3.8) is 0 Å². The Hall–Kier alpha value is -2.86. The summed E-state index contributed by atoms with van der Waals surface area (Å²) in [4.78, 5) is 12.5. The largest absolute Gasteiger partial charge is 0.490 e. The zero-order valence-electron chi connectivity index (χ0n) is 14.8. The summed E-state index contributed by atoms with van der Waals surface area (Å²) in [7, 11) is 0. The van der Waals surface area contributed by atoms with Gasteiger partial charge in [0.05, 0.1) is 10.6 Å². The molecule has 3 aromatic rings. The quantitative estimate of drug-likeness (QED) is 0.439. The van der Waals surface area contributed by atoms with Gasteiger partial charge < -0.3 is 14.0 Å². The summed E-state index contributed by atoms with van der Waals surface area (Å²) in [6, 6.07) is 11.7. The average molecular weight is 390 g/mol. The summed E-state index contributed by atoms with van der Waals surface area (Å²) < 4.78 is 30.1. The van der Waals surface area contributed by atoms with Crippen LogP contribution in [0.2, 0.25) is 5.02 Å². The number of esters is 1. The fourth-order valence-corrected chi connectivity index (χ4v) is 2.84. The fourth-order valence-electron chi connectivity index (χ4n) is 2.58. The second-order valence-corrected chi connectivity index (χ2v) is 6.22. The standard InChI is InChI=1S/C20H17ClFNO4/c1-12-6-3-4-9-16(12)25-10-11-26-20(24)17-13(2)27-23-19(17)18-14(21)7-5-8-15(18)22/h3-9H,10-11H2,1-2H3. The van der Waals surface area contributed by atoms with Gasteiger partial charge in [0.2, 0.25) is 0 Å². The van der Waals surface area contributed by atoms with Gasteiger partial charge in [0, 0.05) is 0 Å². The van der Waals surface area contributed by atoms with Crippen molar-refractivity contribution < 1.29 is 23.2 Å². The van der Waals surface area contributed by atoms with E-state index < -0.39 is 11.8 Å². The van der Waals surface area contributed by atoms with Crippen LogP contribution in [0.25, 0.3) is 11.3 Å². The Kier molecular flexibility index (Phi) is 5.76. The van der Waals surface area contributed by atoms with Crippen LogP contribution in [-0.2, 0) is 4.74 Å². The molecule has 0 saturated heterocycles. The Labute approximate surface area is 160 Å². The van der Waals surface area contributed by atoms with Crippen molar-refractivity contribution >= 4 is 17.6 Å². The van der Waals surface area contributed by atoms with Gasteiger partial charge in [-0.1, -0.05) is 41.0 Å². The van der Waals surface area contributed by atoms with E-state index in [0.29, 0.717) is 5.75 Å². The number of hydrogen-bond donors (Lipinski definition) is 0. The van der Waals surface area contributed by atoms with Gasteiger partial charge in [-0.3, -0.25) is 0 Å². The van der Waals surface area contributed by atoms with Gasteiger partial charge in [-0.2, -0.15) is 0 Å². The number of aromatic nitrogens is 1. The molecule has 7 heteroatoms. The molecule has 5 nitrogen and oxygen atoms in total. The molecule has 0 radical (unpaired) electrons. The number of aryl methyl sites for hydroxylation is 2. The van der Waals surface area contributed by atoms with Gasteiger partial charge in [-0.25, -0.2) is 9.18 Å². The zero-order chi connectivity index (χ0) is 19.4. The van der Waals surface area contributed by atoms with Crippen molar-refractivity contribution in [2.24, 2.45) is 0 Å². The number of ether oxygens (including phenoxy) is 2. The Morgan fingerprint density at radius 2 is 1.93 bits per heavy atom. The lowest BCUT2D eigenvalue weighted by atomic mass is 10.1. The minimum atomic E-state index is -0.684. The zero-order valence-corrected chi connectivity index (χ0v) is 15.5. The summed E-state index contributed by atoms with van der Waals surface area (Å²) in [6.07, 6.45) is 0. The number of rotatable bonds is 6. The Balaban J connectivity index is 1.71. The second-order valence-electron chi connectivity index (χ2n) is 5.81. The summed E-state index contributed by atoms with van der Waals surface area (Å²) in [5.74, 6) is -0.355. The summed E-state index contributed by atoms with van der Waals surface area (Å²) in [6.45, 7) is 3.66. The van der Waals surface area contributed by atoms with E-state index in [4.69, 9.17) is 25.6 Å². The number of nitrogens with zero attached hydrogens (tertiary/aromatic N) is 1. The number of hydrogen-bond acceptors (Lipinski definition) is 5. The highest BCUT2D eigenvalue weighted by Gasteiger charge is 2.26. The molecule has 2 aromatic carbocycles. The molecule has 3 rings (SSSR count). The first-order valence-corrected chi connectivity index (χ1v) is 8.63. The molecular formula is C20H17ClFNO4. The van der Waals surface area contributed by atoms with Crippen LogP contribution < -0.4 is 4.74 Å². The molecule has 0 atom stereocenters. The first-order valence-electron chi connectivity index (χ1n) is 8.25. The molecule has 0 fully saturated rings. The molecule has 0 saturated carbocycles. The smallest absolute Gasteiger partial charge is 0.344 e. The van der Waals surface area contributed by atoms with Crippen LogP contribution >= 0.6 is 11.6 Å². The molecular weight excluding hydrogens is 373 g/mol. The molecule has 0 spiro atoms. The predicted molar refractivity (Wildman–Crippen MR) is 98.6 cm³/mol. The summed E-state index contributed by atoms with van der Waals surface area (Å²) >= 11 is 6.07. The van der Waals surface area contributed by atoms with E-state index in [2.05, 4.69) is 5.16 Å². The van der Waals surface area contributed by atoms with E-state index in [9.17, 15) is 9.18 Å². The van der Waals surface area contributed by atoms with Crippen LogP contribution in [0.5, 0.6) is 5.75 Å². The van der Waals surface area contributed by atoms with Gasteiger partial charge in [-0.05, 0) is 37.6 Å². The van der Waals surface area contributed by atoms with Crippen molar-refractivity contribution in [2.45, 2.75) is 13.8 Å². The van der Waals surface area contributed by atoms with Crippen molar-refractivity contribution in [3.05, 3.63) is 70.2 Å². The van der Waals surface area contributed by atoms with Crippen LogP contribution in [0.4, 0.5) is 4.39 Å². The van der Waals surface area contributed by atoms with Crippen molar-refractivity contribution in [1.82, 2.24) is 5.16 Å². The molecule has 0 N–H and O–H groups in total. The highest BCUT2D eigenvalue weighted by molar-refractivity contribution is 6.33. The van der Waals surface area contributed by atoms with Crippen molar-refractivity contribution in [1.29, 1.82) is 0 Å². The van der Waals surface area contributed by atoms with E-state index in [1.54, 1.807) is 6.92 Å². The van der Waals surface area contributed by atoms with Crippen molar-refractivity contribution in [2.75, 3.05) is 13.2 Å². The molecule has 1 aromatic heterocycles. The van der Waals surface area contributed by atoms with E-state index in [-0.39, 0.29) is 40.8 Å². The van der Waals surface area contributed by atoms with E-state index in [0.717, 1.165) is 5.56 Å². The van der Waals surface area contributed by atoms with Gasteiger partial charge >= 0.3 is 5.97 Å². The first kappa shape index (κ1) is 18.9. The Morgan fingerprint density at radius 1 is 1.15 bits per heavy atom. The molecule has 0 aliphatic heterocycles. The molecule has 0 unspecified atom stereocenters. The normalized spacial score (nSPS) is 10.7. The van der Waals surface area contributed by atoms with Gasteiger partial charge in [0.25, 0.3) is 0 Å². The summed E-state index contributed by atoms with van der Waals surface area (Å²) in [5, 5.41) is 3.91. The number of para-hydroxylation sites is 1. The average Bonchev–Trinajstić information content (AvgIpc) is 3.01. The predicted octanol–water partition coefficient (Wildman–Crippen LogP) is 4.99. The molecule has 0 aliphatic carbocycles.